The number of rotatable bonds is 4. The summed E-state index contributed by atoms with van der Waals surface area (Å²) in [6.07, 6.45) is 1.72. The van der Waals surface area contributed by atoms with Crippen LogP contribution in [0.2, 0.25) is 0 Å². The first-order valence-corrected chi connectivity index (χ1v) is 7.20. The fourth-order valence-corrected chi connectivity index (χ4v) is 2.61. The molecule has 1 aromatic carbocycles. The Bertz CT molecular complexity index is 733. The molecule has 0 spiro atoms. The highest BCUT2D eigenvalue weighted by Crippen LogP contribution is 2.26. The number of H-pyrrole nitrogens is 1. The molecule has 21 heavy (non-hydrogen) atoms. The summed E-state index contributed by atoms with van der Waals surface area (Å²) < 4.78 is 0. The third-order valence-electron chi connectivity index (χ3n) is 2.93. The zero-order valence-electron chi connectivity index (χ0n) is 11.0. The SMILES string of the molecule is NCC(=O)Nc1nc(-c2ccc(-c3ccn[nH]3)cc2)cs1. The first-order chi connectivity index (χ1) is 10.3. The standard InChI is InChI=1S/C14H13N5OS/c15-7-13(20)18-14-17-12(8-21-14)10-3-1-9(2-4-10)11-5-6-16-19-11/h1-6,8H,7,15H2,(H,16,19)(H,17,18,20). The highest BCUT2D eigenvalue weighted by atomic mass is 32.1. The predicted molar refractivity (Wildman–Crippen MR) is 82.8 cm³/mol. The number of hydrogen-bond acceptors (Lipinski definition) is 5. The van der Waals surface area contributed by atoms with Crippen molar-refractivity contribution >= 4 is 22.4 Å². The normalized spacial score (nSPS) is 10.5. The molecule has 0 radical (unpaired) electrons. The molecule has 4 N–H and O–H groups in total. The summed E-state index contributed by atoms with van der Waals surface area (Å²) in [6, 6.07) is 9.89. The molecule has 0 saturated carbocycles. The van der Waals surface area contributed by atoms with E-state index >= 15 is 0 Å². The number of aromatic amines is 1. The molecule has 2 aromatic heterocycles. The van der Waals surface area contributed by atoms with E-state index in [1.54, 1.807) is 6.20 Å². The van der Waals surface area contributed by atoms with Gasteiger partial charge in [-0.3, -0.25) is 9.89 Å². The minimum Gasteiger partial charge on any atom is -0.322 e. The van der Waals surface area contributed by atoms with Crippen LogP contribution in [0.3, 0.4) is 0 Å². The number of amides is 1. The Morgan fingerprint density at radius 1 is 1.24 bits per heavy atom. The van der Waals surface area contributed by atoms with Gasteiger partial charge in [-0.1, -0.05) is 24.3 Å². The summed E-state index contributed by atoms with van der Waals surface area (Å²) in [7, 11) is 0. The number of nitrogens with two attached hydrogens (primary N) is 1. The van der Waals surface area contributed by atoms with Crippen LogP contribution in [-0.2, 0) is 4.79 Å². The van der Waals surface area contributed by atoms with E-state index in [0.29, 0.717) is 5.13 Å². The van der Waals surface area contributed by atoms with E-state index in [1.807, 2.05) is 35.7 Å². The van der Waals surface area contributed by atoms with Crippen molar-refractivity contribution < 1.29 is 4.79 Å². The molecular weight excluding hydrogens is 286 g/mol. The molecule has 0 atom stereocenters. The maximum absolute atomic E-state index is 11.2. The van der Waals surface area contributed by atoms with Crippen molar-refractivity contribution in [2.24, 2.45) is 5.73 Å². The van der Waals surface area contributed by atoms with Crippen LogP contribution in [0.25, 0.3) is 22.5 Å². The zero-order chi connectivity index (χ0) is 14.7. The van der Waals surface area contributed by atoms with Crippen LogP contribution < -0.4 is 11.1 Å². The zero-order valence-corrected chi connectivity index (χ0v) is 11.9. The van der Waals surface area contributed by atoms with Crippen molar-refractivity contribution in [3.05, 3.63) is 41.9 Å². The van der Waals surface area contributed by atoms with Crippen LogP contribution in [-0.4, -0.2) is 27.6 Å². The predicted octanol–water partition coefficient (Wildman–Crippen LogP) is 2.10. The summed E-state index contributed by atoms with van der Waals surface area (Å²) in [6.45, 7) is -0.0478. The van der Waals surface area contributed by atoms with Gasteiger partial charge in [-0.15, -0.1) is 11.3 Å². The van der Waals surface area contributed by atoms with E-state index in [-0.39, 0.29) is 12.5 Å². The molecule has 0 bridgehead atoms. The van der Waals surface area contributed by atoms with Gasteiger partial charge in [-0.25, -0.2) is 4.98 Å². The molecule has 3 rings (SSSR count). The van der Waals surface area contributed by atoms with Gasteiger partial charge in [-0.2, -0.15) is 5.10 Å². The Morgan fingerprint density at radius 2 is 2.00 bits per heavy atom. The highest BCUT2D eigenvalue weighted by Gasteiger charge is 2.07. The van der Waals surface area contributed by atoms with E-state index in [9.17, 15) is 4.79 Å². The fraction of sp³-hybridized carbons (Fsp3) is 0.0714. The van der Waals surface area contributed by atoms with Crippen LogP contribution in [0.5, 0.6) is 0 Å². The molecule has 3 aromatic rings. The molecule has 0 saturated heterocycles. The second-order valence-electron chi connectivity index (χ2n) is 4.34. The van der Waals surface area contributed by atoms with Crippen LogP contribution in [0.4, 0.5) is 5.13 Å². The molecule has 1 amide bonds. The van der Waals surface area contributed by atoms with Crippen molar-refractivity contribution in [3.63, 3.8) is 0 Å². The Balaban J connectivity index is 1.79. The molecule has 6 nitrogen and oxygen atoms in total. The van der Waals surface area contributed by atoms with Crippen LogP contribution in [0.15, 0.2) is 41.9 Å². The lowest BCUT2D eigenvalue weighted by Crippen LogP contribution is -2.21. The molecule has 0 fully saturated rings. The maximum atomic E-state index is 11.2. The summed E-state index contributed by atoms with van der Waals surface area (Å²) in [4.78, 5) is 15.6. The molecular formula is C14H13N5OS. The summed E-state index contributed by atoms with van der Waals surface area (Å²) in [5.74, 6) is -0.245. The third-order valence-corrected chi connectivity index (χ3v) is 3.69. The molecule has 7 heteroatoms. The van der Waals surface area contributed by atoms with Crippen LogP contribution in [0.1, 0.15) is 0 Å². The monoisotopic (exact) mass is 299 g/mol. The number of thiazole rings is 1. The van der Waals surface area contributed by atoms with Gasteiger partial charge in [0.25, 0.3) is 0 Å². The van der Waals surface area contributed by atoms with E-state index in [2.05, 4.69) is 20.5 Å². The second kappa shape index (κ2) is 5.86. The molecule has 0 aliphatic carbocycles. The number of anilines is 1. The smallest absolute Gasteiger partial charge is 0.239 e. The number of aromatic nitrogens is 3. The first-order valence-electron chi connectivity index (χ1n) is 6.32. The average molecular weight is 299 g/mol. The Labute approximate surface area is 125 Å². The summed E-state index contributed by atoms with van der Waals surface area (Å²) in [5, 5.41) is 12.0. The van der Waals surface area contributed by atoms with Gasteiger partial charge < -0.3 is 11.1 Å². The second-order valence-corrected chi connectivity index (χ2v) is 5.20. The van der Waals surface area contributed by atoms with Gasteiger partial charge in [-0.05, 0) is 11.6 Å². The third kappa shape index (κ3) is 2.99. The van der Waals surface area contributed by atoms with Gasteiger partial charge in [0.15, 0.2) is 5.13 Å². The largest absolute Gasteiger partial charge is 0.322 e. The van der Waals surface area contributed by atoms with Crippen molar-refractivity contribution in [3.8, 4) is 22.5 Å². The Hall–Kier alpha value is -2.51. The Morgan fingerprint density at radius 3 is 2.67 bits per heavy atom. The minimum atomic E-state index is -0.245. The van der Waals surface area contributed by atoms with Crippen molar-refractivity contribution in [2.45, 2.75) is 0 Å². The highest BCUT2D eigenvalue weighted by molar-refractivity contribution is 7.14. The number of carbonyl (C=O) groups is 1. The van der Waals surface area contributed by atoms with E-state index in [0.717, 1.165) is 22.5 Å². The molecule has 2 heterocycles. The average Bonchev–Trinajstić information content (AvgIpc) is 3.19. The van der Waals surface area contributed by atoms with Crippen LogP contribution in [0, 0.1) is 0 Å². The van der Waals surface area contributed by atoms with Gasteiger partial charge >= 0.3 is 0 Å². The van der Waals surface area contributed by atoms with Gasteiger partial charge in [0.05, 0.1) is 17.9 Å². The van der Waals surface area contributed by atoms with Crippen molar-refractivity contribution in [1.29, 1.82) is 0 Å². The summed E-state index contributed by atoms with van der Waals surface area (Å²) in [5.41, 5.74) is 9.10. The first kappa shape index (κ1) is 13.5. The molecule has 0 aliphatic rings. The van der Waals surface area contributed by atoms with Gasteiger partial charge in [0.2, 0.25) is 5.91 Å². The lowest BCUT2D eigenvalue weighted by molar-refractivity contribution is -0.114. The van der Waals surface area contributed by atoms with Crippen molar-refractivity contribution in [1.82, 2.24) is 15.2 Å². The van der Waals surface area contributed by atoms with Crippen LogP contribution >= 0.6 is 11.3 Å². The number of benzene rings is 1. The number of carbonyl (C=O) groups excluding carboxylic acids is 1. The molecule has 0 aliphatic heterocycles. The lowest BCUT2D eigenvalue weighted by Gasteiger charge is -2.00. The van der Waals surface area contributed by atoms with Gasteiger partial charge in [0.1, 0.15) is 0 Å². The quantitative estimate of drug-likeness (QED) is 0.687. The molecule has 0 unspecified atom stereocenters. The van der Waals surface area contributed by atoms with E-state index in [1.165, 1.54) is 11.3 Å². The van der Waals surface area contributed by atoms with E-state index in [4.69, 9.17) is 5.73 Å². The maximum Gasteiger partial charge on any atom is 0.239 e. The number of nitrogens with zero attached hydrogens (tertiary/aromatic N) is 2. The Kier molecular flexibility index (Phi) is 3.76. The topological polar surface area (TPSA) is 96.7 Å². The molecule has 106 valence electrons. The number of hydrogen-bond donors (Lipinski definition) is 3. The van der Waals surface area contributed by atoms with Gasteiger partial charge in [0, 0.05) is 17.1 Å². The summed E-state index contributed by atoms with van der Waals surface area (Å²) >= 11 is 1.38. The minimum absolute atomic E-state index is 0.0478. The van der Waals surface area contributed by atoms with E-state index < -0.39 is 0 Å². The fourth-order valence-electron chi connectivity index (χ4n) is 1.87. The van der Waals surface area contributed by atoms with Crippen molar-refractivity contribution in [2.75, 3.05) is 11.9 Å². The number of nitrogens with one attached hydrogen (secondary N) is 2. The lowest BCUT2D eigenvalue weighted by atomic mass is 10.1.